The molecule has 0 aliphatic carbocycles. The summed E-state index contributed by atoms with van der Waals surface area (Å²) in [6.07, 6.45) is 0.961. The third-order valence-corrected chi connectivity index (χ3v) is 5.17. The molecule has 0 unspecified atom stereocenters. The lowest BCUT2D eigenvalue weighted by Gasteiger charge is -2.27. The summed E-state index contributed by atoms with van der Waals surface area (Å²) in [5.74, 6) is 1.61. The normalized spacial score (nSPS) is 15.9. The topological polar surface area (TPSA) is 50.8 Å². The Labute approximate surface area is 138 Å². The molecule has 0 fully saturated rings. The van der Waals surface area contributed by atoms with E-state index >= 15 is 0 Å². The van der Waals surface area contributed by atoms with Crippen molar-refractivity contribution in [1.82, 2.24) is 4.90 Å². The minimum atomic E-state index is 0.122. The van der Waals surface area contributed by atoms with Gasteiger partial charge in [0.05, 0.1) is 6.54 Å². The van der Waals surface area contributed by atoms with Crippen molar-refractivity contribution in [2.75, 3.05) is 31.6 Å². The van der Waals surface area contributed by atoms with Crippen LogP contribution in [0.4, 0.5) is 5.69 Å². The number of anilines is 1. The third-order valence-electron chi connectivity index (χ3n) is 4.15. The number of carbonyl (C=O) groups excluding carboxylic acids is 1. The molecule has 2 aliphatic heterocycles. The fourth-order valence-electron chi connectivity index (χ4n) is 2.90. The molecule has 1 N–H and O–H groups in total. The molecule has 2 aliphatic rings. The summed E-state index contributed by atoms with van der Waals surface area (Å²) in [7, 11) is 0. The third kappa shape index (κ3) is 2.99. The van der Waals surface area contributed by atoms with Crippen LogP contribution in [0.5, 0.6) is 11.5 Å². The smallest absolute Gasteiger partial charge is 0.242 e. The van der Waals surface area contributed by atoms with Gasteiger partial charge in [0.1, 0.15) is 13.2 Å². The molecule has 4 rings (SSSR count). The molecule has 0 spiro atoms. The molecule has 6 heteroatoms. The summed E-state index contributed by atoms with van der Waals surface area (Å²) in [4.78, 5) is 15.7. The van der Waals surface area contributed by atoms with Crippen LogP contribution in [0, 0.1) is 0 Å². The SMILES string of the molecule is O=C(CNc1ccc2c(c1)OCCO2)N1CCc2sccc2C1. The fraction of sp³-hybridized carbons (Fsp3) is 0.353. The van der Waals surface area contributed by atoms with Crippen molar-refractivity contribution < 1.29 is 14.3 Å². The highest BCUT2D eigenvalue weighted by Gasteiger charge is 2.21. The van der Waals surface area contributed by atoms with Crippen molar-refractivity contribution in [1.29, 1.82) is 0 Å². The summed E-state index contributed by atoms with van der Waals surface area (Å²) in [6.45, 7) is 2.96. The maximum atomic E-state index is 12.4. The van der Waals surface area contributed by atoms with Crippen LogP contribution in [-0.2, 0) is 17.8 Å². The Morgan fingerprint density at radius 3 is 3.00 bits per heavy atom. The summed E-state index contributed by atoms with van der Waals surface area (Å²) in [5.41, 5.74) is 2.16. The Morgan fingerprint density at radius 2 is 2.09 bits per heavy atom. The number of hydrogen-bond donors (Lipinski definition) is 1. The largest absolute Gasteiger partial charge is 0.486 e. The van der Waals surface area contributed by atoms with Crippen LogP contribution in [-0.4, -0.2) is 37.1 Å². The van der Waals surface area contributed by atoms with Crippen LogP contribution in [0.25, 0.3) is 0 Å². The fourth-order valence-corrected chi connectivity index (χ4v) is 3.79. The van der Waals surface area contributed by atoms with Gasteiger partial charge in [-0.3, -0.25) is 4.79 Å². The Hall–Kier alpha value is -2.21. The van der Waals surface area contributed by atoms with Gasteiger partial charge < -0.3 is 19.7 Å². The molecule has 2 aromatic rings. The number of benzene rings is 1. The molecule has 120 valence electrons. The highest BCUT2D eigenvalue weighted by molar-refractivity contribution is 7.10. The van der Waals surface area contributed by atoms with E-state index in [9.17, 15) is 4.79 Å². The van der Waals surface area contributed by atoms with Gasteiger partial charge >= 0.3 is 0 Å². The molecule has 0 atom stereocenters. The predicted octanol–water partition coefficient (Wildman–Crippen LogP) is 2.52. The van der Waals surface area contributed by atoms with Crippen LogP contribution >= 0.6 is 11.3 Å². The molecule has 23 heavy (non-hydrogen) atoms. The quantitative estimate of drug-likeness (QED) is 0.939. The molecule has 1 amide bonds. The standard InChI is InChI=1S/C17H18N2O3S/c20-17(19-5-3-16-12(11-19)4-8-23-16)10-18-13-1-2-14-15(9-13)22-7-6-21-14/h1-2,4,8-9,18H,3,5-7,10-11H2. The Bertz CT molecular complexity index is 728. The average Bonchev–Trinajstić information content (AvgIpc) is 3.07. The molecular formula is C17H18N2O3S. The number of amides is 1. The van der Waals surface area contributed by atoms with E-state index < -0.39 is 0 Å². The number of nitrogens with one attached hydrogen (secondary N) is 1. The lowest BCUT2D eigenvalue weighted by Crippen LogP contribution is -2.38. The van der Waals surface area contributed by atoms with Gasteiger partial charge in [-0.25, -0.2) is 0 Å². The summed E-state index contributed by atoms with van der Waals surface area (Å²) < 4.78 is 11.1. The molecule has 0 saturated carbocycles. The molecule has 0 saturated heterocycles. The van der Waals surface area contributed by atoms with Crippen LogP contribution in [0.15, 0.2) is 29.6 Å². The zero-order chi connectivity index (χ0) is 15.6. The van der Waals surface area contributed by atoms with E-state index in [-0.39, 0.29) is 5.91 Å². The predicted molar refractivity (Wildman–Crippen MR) is 89.4 cm³/mol. The lowest BCUT2D eigenvalue weighted by molar-refractivity contribution is -0.130. The second-order valence-corrected chi connectivity index (χ2v) is 6.65. The lowest BCUT2D eigenvalue weighted by atomic mass is 10.1. The Kier molecular flexibility index (Phi) is 3.83. The molecular weight excluding hydrogens is 312 g/mol. The van der Waals surface area contributed by atoms with E-state index in [1.54, 1.807) is 11.3 Å². The van der Waals surface area contributed by atoms with Crippen LogP contribution in [0.1, 0.15) is 10.4 Å². The van der Waals surface area contributed by atoms with Crippen LogP contribution in [0.3, 0.4) is 0 Å². The monoisotopic (exact) mass is 330 g/mol. The number of carbonyl (C=O) groups is 1. The maximum absolute atomic E-state index is 12.4. The van der Waals surface area contributed by atoms with Crippen molar-refractivity contribution in [3.05, 3.63) is 40.1 Å². The summed E-state index contributed by atoms with van der Waals surface area (Å²) in [5, 5.41) is 5.29. The van der Waals surface area contributed by atoms with Gasteiger partial charge in [0, 0.05) is 29.7 Å². The van der Waals surface area contributed by atoms with Crippen molar-refractivity contribution in [3.63, 3.8) is 0 Å². The van der Waals surface area contributed by atoms with Crippen molar-refractivity contribution >= 4 is 22.9 Å². The van der Waals surface area contributed by atoms with Gasteiger partial charge in [-0.2, -0.15) is 0 Å². The number of rotatable bonds is 3. The van der Waals surface area contributed by atoms with Crippen LogP contribution in [0.2, 0.25) is 0 Å². The van der Waals surface area contributed by atoms with Gasteiger partial charge in [-0.15, -0.1) is 11.3 Å². The second kappa shape index (κ2) is 6.12. The van der Waals surface area contributed by atoms with Crippen molar-refractivity contribution in [2.45, 2.75) is 13.0 Å². The number of thiophene rings is 1. The minimum Gasteiger partial charge on any atom is -0.486 e. The molecule has 3 heterocycles. The van der Waals surface area contributed by atoms with E-state index in [4.69, 9.17) is 9.47 Å². The highest BCUT2D eigenvalue weighted by atomic mass is 32.1. The number of nitrogens with zero attached hydrogens (tertiary/aromatic N) is 1. The number of fused-ring (bicyclic) bond motifs is 2. The van der Waals surface area contributed by atoms with Gasteiger partial charge in [0.25, 0.3) is 0 Å². The van der Waals surface area contributed by atoms with Gasteiger partial charge in [-0.1, -0.05) is 0 Å². The number of ether oxygens (including phenoxy) is 2. The van der Waals surface area contributed by atoms with Gasteiger partial charge in [-0.05, 0) is 35.6 Å². The van der Waals surface area contributed by atoms with E-state index in [2.05, 4.69) is 16.8 Å². The Morgan fingerprint density at radius 1 is 1.22 bits per heavy atom. The molecule has 0 radical (unpaired) electrons. The summed E-state index contributed by atoms with van der Waals surface area (Å²) >= 11 is 1.78. The first-order valence-corrected chi connectivity index (χ1v) is 8.64. The van der Waals surface area contributed by atoms with E-state index in [0.717, 1.165) is 36.7 Å². The minimum absolute atomic E-state index is 0.122. The maximum Gasteiger partial charge on any atom is 0.242 e. The first-order chi connectivity index (χ1) is 11.3. The van der Waals surface area contributed by atoms with Gasteiger partial charge in [0.15, 0.2) is 11.5 Å². The van der Waals surface area contributed by atoms with E-state index in [0.29, 0.717) is 19.8 Å². The Balaban J connectivity index is 1.37. The van der Waals surface area contributed by atoms with Crippen LogP contribution < -0.4 is 14.8 Å². The molecule has 0 bridgehead atoms. The first-order valence-electron chi connectivity index (χ1n) is 7.76. The molecule has 5 nitrogen and oxygen atoms in total. The number of hydrogen-bond acceptors (Lipinski definition) is 5. The molecule has 1 aromatic carbocycles. The second-order valence-electron chi connectivity index (χ2n) is 5.65. The van der Waals surface area contributed by atoms with Crippen molar-refractivity contribution in [2.24, 2.45) is 0 Å². The van der Waals surface area contributed by atoms with Crippen molar-refractivity contribution in [3.8, 4) is 11.5 Å². The van der Waals surface area contributed by atoms with E-state index in [1.165, 1.54) is 10.4 Å². The van der Waals surface area contributed by atoms with Gasteiger partial charge in [0.2, 0.25) is 5.91 Å². The first kappa shape index (κ1) is 14.4. The highest BCUT2D eigenvalue weighted by Crippen LogP contribution is 2.32. The zero-order valence-corrected chi connectivity index (χ0v) is 13.5. The zero-order valence-electron chi connectivity index (χ0n) is 12.7. The average molecular weight is 330 g/mol. The van der Waals surface area contributed by atoms with E-state index in [1.807, 2.05) is 23.1 Å². The molecule has 1 aromatic heterocycles. The summed E-state index contributed by atoms with van der Waals surface area (Å²) in [6, 6.07) is 7.79.